The zero-order valence-corrected chi connectivity index (χ0v) is 9.23. The summed E-state index contributed by atoms with van der Waals surface area (Å²) < 4.78 is 0. The van der Waals surface area contributed by atoms with Crippen LogP contribution in [0.1, 0.15) is 26.3 Å². The van der Waals surface area contributed by atoms with E-state index in [-0.39, 0.29) is 11.2 Å². The fourth-order valence-electron chi connectivity index (χ4n) is 1.29. The second kappa shape index (κ2) is 3.62. The Kier molecular flexibility index (Phi) is 2.91. The minimum absolute atomic E-state index is 0.251. The maximum Gasteiger partial charge on any atom is 0.128 e. The first-order valence-corrected chi connectivity index (χ1v) is 4.84. The summed E-state index contributed by atoms with van der Waals surface area (Å²) in [6.07, 6.45) is 1.00. The highest BCUT2D eigenvalue weighted by atomic mass is 32.1. The molecule has 0 aliphatic heterocycles. The maximum atomic E-state index is 9.27. The molecule has 0 bridgehead atoms. The van der Waals surface area contributed by atoms with Crippen molar-refractivity contribution >= 4 is 12.6 Å². The Balaban J connectivity index is 2.86. The molecule has 0 fully saturated rings. The Morgan fingerprint density at radius 3 is 2.38 bits per heavy atom. The lowest BCUT2D eigenvalue weighted by Gasteiger charge is -2.18. The number of hydrogen-bond acceptors (Lipinski definition) is 2. The van der Waals surface area contributed by atoms with Gasteiger partial charge in [-0.25, -0.2) is 0 Å². The molecule has 0 aliphatic carbocycles. The number of thiol groups is 1. The van der Waals surface area contributed by atoms with Crippen LogP contribution in [0.3, 0.4) is 0 Å². The summed E-state index contributed by atoms with van der Waals surface area (Å²) in [4.78, 5) is 0.654. The first-order valence-electron chi connectivity index (χ1n) is 4.39. The van der Waals surface area contributed by atoms with Crippen molar-refractivity contribution in [3.05, 3.63) is 23.8 Å². The summed E-state index contributed by atoms with van der Waals surface area (Å²) in [5.74, 6) is 0.251. The molecular formula is C11H16OS. The third-order valence-electron chi connectivity index (χ3n) is 1.77. The van der Waals surface area contributed by atoms with Crippen molar-refractivity contribution in [3.8, 4) is 5.75 Å². The van der Waals surface area contributed by atoms with Gasteiger partial charge < -0.3 is 5.11 Å². The zero-order chi connectivity index (χ0) is 10.1. The van der Waals surface area contributed by atoms with Crippen molar-refractivity contribution in [2.75, 3.05) is 0 Å². The van der Waals surface area contributed by atoms with Crippen LogP contribution in [0.4, 0.5) is 0 Å². The van der Waals surface area contributed by atoms with Gasteiger partial charge in [0.05, 0.1) is 0 Å². The van der Waals surface area contributed by atoms with Gasteiger partial charge in [-0.2, -0.15) is 0 Å². The van der Waals surface area contributed by atoms with Gasteiger partial charge >= 0.3 is 0 Å². The van der Waals surface area contributed by atoms with Gasteiger partial charge in [-0.3, -0.25) is 0 Å². The zero-order valence-electron chi connectivity index (χ0n) is 8.33. The fraction of sp³-hybridized carbons (Fsp3) is 0.455. The van der Waals surface area contributed by atoms with E-state index in [1.807, 2.05) is 12.1 Å². The Morgan fingerprint density at radius 1 is 1.31 bits per heavy atom. The monoisotopic (exact) mass is 196 g/mol. The van der Waals surface area contributed by atoms with Crippen molar-refractivity contribution < 1.29 is 5.11 Å². The predicted octanol–water partition coefficient (Wildman–Crippen LogP) is 3.27. The van der Waals surface area contributed by atoms with E-state index >= 15 is 0 Å². The van der Waals surface area contributed by atoms with Crippen LogP contribution in [0.25, 0.3) is 0 Å². The summed E-state index contributed by atoms with van der Waals surface area (Å²) in [7, 11) is 0. The van der Waals surface area contributed by atoms with Crippen LogP contribution < -0.4 is 0 Å². The maximum absolute atomic E-state index is 9.27. The Morgan fingerprint density at radius 2 is 1.92 bits per heavy atom. The van der Waals surface area contributed by atoms with Gasteiger partial charge in [-0.1, -0.05) is 26.8 Å². The minimum atomic E-state index is 0.251. The molecule has 0 atom stereocenters. The normalized spacial score (nSPS) is 11.7. The van der Waals surface area contributed by atoms with Gasteiger partial charge in [-0.15, -0.1) is 12.6 Å². The topological polar surface area (TPSA) is 20.2 Å². The number of phenolic OH excluding ortho intramolecular Hbond substituents is 1. The lowest BCUT2D eigenvalue weighted by atomic mass is 9.88. The molecule has 2 heteroatoms. The molecule has 0 saturated carbocycles. The molecule has 1 aromatic rings. The van der Waals surface area contributed by atoms with E-state index in [0.29, 0.717) is 4.90 Å². The van der Waals surface area contributed by atoms with E-state index < -0.39 is 0 Å². The SMILES string of the molecule is CC(C)(C)Cc1ccc(O)c(S)c1. The molecule has 0 amide bonds. The van der Waals surface area contributed by atoms with Crippen LogP contribution in [-0.4, -0.2) is 5.11 Å². The first kappa shape index (κ1) is 10.5. The van der Waals surface area contributed by atoms with Crippen LogP contribution in [0.5, 0.6) is 5.75 Å². The Bertz CT molecular complexity index is 299. The molecule has 0 unspecified atom stereocenters. The molecule has 72 valence electrons. The predicted molar refractivity (Wildman–Crippen MR) is 58.5 cm³/mol. The highest BCUT2D eigenvalue weighted by Crippen LogP contribution is 2.26. The van der Waals surface area contributed by atoms with Crippen LogP contribution in [0.15, 0.2) is 23.1 Å². The van der Waals surface area contributed by atoms with E-state index in [2.05, 4.69) is 33.4 Å². The molecule has 0 aliphatic rings. The van der Waals surface area contributed by atoms with Crippen molar-refractivity contribution in [2.24, 2.45) is 5.41 Å². The Hall–Kier alpha value is -0.630. The highest BCUT2D eigenvalue weighted by molar-refractivity contribution is 7.80. The van der Waals surface area contributed by atoms with Crippen LogP contribution in [-0.2, 0) is 6.42 Å². The summed E-state index contributed by atoms with van der Waals surface area (Å²) in [5.41, 5.74) is 1.49. The second-order valence-electron chi connectivity index (χ2n) is 4.56. The molecular weight excluding hydrogens is 180 g/mol. The third kappa shape index (κ3) is 3.31. The van der Waals surface area contributed by atoms with E-state index in [1.165, 1.54) is 5.56 Å². The van der Waals surface area contributed by atoms with E-state index in [1.54, 1.807) is 6.07 Å². The van der Waals surface area contributed by atoms with Crippen LogP contribution in [0, 0.1) is 5.41 Å². The van der Waals surface area contributed by atoms with Gasteiger partial charge in [-0.05, 0) is 29.5 Å². The molecule has 0 radical (unpaired) electrons. The third-order valence-corrected chi connectivity index (χ3v) is 2.13. The smallest absolute Gasteiger partial charge is 0.128 e. The summed E-state index contributed by atoms with van der Waals surface area (Å²) in [5, 5.41) is 9.27. The largest absolute Gasteiger partial charge is 0.507 e. The molecule has 1 rings (SSSR count). The van der Waals surface area contributed by atoms with Gasteiger partial charge in [0, 0.05) is 4.90 Å². The molecule has 1 nitrogen and oxygen atoms in total. The van der Waals surface area contributed by atoms with Crippen molar-refractivity contribution in [2.45, 2.75) is 32.1 Å². The van der Waals surface area contributed by atoms with Crippen LogP contribution >= 0.6 is 12.6 Å². The van der Waals surface area contributed by atoms with Crippen molar-refractivity contribution in [1.82, 2.24) is 0 Å². The van der Waals surface area contributed by atoms with Crippen LogP contribution in [0.2, 0.25) is 0 Å². The lowest BCUT2D eigenvalue weighted by molar-refractivity contribution is 0.409. The lowest BCUT2D eigenvalue weighted by Crippen LogP contribution is -2.08. The highest BCUT2D eigenvalue weighted by Gasteiger charge is 2.11. The van der Waals surface area contributed by atoms with E-state index in [9.17, 15) is 5.11 Å². The van der Waals surface area contributed by atoms with Crippen molar-refractivity contribution in [3.63, 3.8) is 0 Å². The molecule has 0 saturated heterocycles. The summed E-state index contributed by atoms with van der Waals surface area (Å²) >= 11 is 4.17. The van der Waals surface area contributed by atoms with Gasteiger partial charge in [0.2, 0.25) is 0 Å². The molecule has 0 aromatic heterocycles. The number of rotatable bonds is 1. The quantitative estimate of drug-likeness (QED) is 0.660. The van der Waals surface area contributed by atoms with Gasteiger partial charge in [0.15, 0.2) is 0 Å². The Labute approximate surface area is 85.2 Å². The molecule has 13 heavy (non-hydrogen) atoms. The molecule has 1 N–H and O–H groups in total. The minimum Gasteiger partial charge on any atom is -0.507 e. The standard InChI is InChI=1S/C11H16OS/c1-11(2,3)7-8-4-5-9(12)10(13)6-8/h4-6,12-13H,7H2,1-3H3. The number of aromatic hydroxyl groups is 1. The second-order valence-corrected chi connectivity index (χ2v) is 5.04. The van der Waals surface area contributed by atoms with Gasteiger partial charge in [0.25, 0.3) is 0 Å². The molecule has 0 heterocycles. The number of phenols is 1. The van der Waals surface area contributed by atoms with Gasteiger partial charge in [0.1, 0.15) is 5.75 Å². The number of hydrogen-bond donors (Lipinski definition) is 2. The van der Waals surface area contributed by atoms with E-state index in [0.717, 1.165) is 6.42 Å². The first-order chi connectivity index (χ1) is 5.88. The summed E-state index contributed by atoms with van der Waals surface area (Å²) in [6, 6.07) is 5.56. The summed E-state index contributed by atoms with van der Waals surface area (Å²) in [6.45, 7) is 6.58. The number of benzene rings is 1. The van der Waals surface area contributed by atoms with Crippen molar-refractivity contribution in [1.29, 1.82) is 0 Å². The average Bonchev–Trinajstić information content (AvgIpc) is 1.94. The average molecular weight is 196 g/mol. The fourth-order valence-corrected chi connectivity index (χ4v) is 1.53. The molecule has 0 spiro atoms. The molecule has 1 aromatic carbocycles. The van der Waals surface area contributed by atoms with E-state index in [4.69, 9.17) is 0 Å².